The smallest absolute Gasteiger partial charge is 0.416 e. The molecule has 2 aromatic carbocycles. The Balaban J connectivity index is 2.19. The fourth-order valence-corrected chi connectivity index (χ4v) is 2.24. The number of nitrogens with one attached hydrogen (secondary N) is 2. The van der Waals surface area contributed by atoms with Gasteiger partial charge in [0, 0.05) is 11.3 Å². The molecule has 2 rings (SSSR count). The van der Waals surface area contributed by atoms with E-state index in [0.29, 0.717) is 11.4 Å². The fraction of sp³-hybridized carbons (Fsp3) is 0.222. The predicted octanol–water partition coefficient (Wildman–Crippen LogP) is 4.69. The lowest BCUT2D eigenvalue weighted by Gasteiger charge is -2.13. The van der Waals surface area contributed by atoms with Gasteiger partial charge in [-0.15, -0.1) is 0 Å². The van der Waals surface area contributed by atoms with Crippen LogP contribution in [-0.4, -0.2) is 23.8 Å². The number of amides is 2. The Morgan fingerprint density at radius 3 is 2.22 bits per heavy atom. The van der Waals surface area contributed by atoms with Crippen molar-refractivity contribution in [2.24, 2.45) is 0 Å². The van der Waals surface area contributed by atoms with Crippen LogP contribution >= 0.6 is 15.9 Å². The second kappa shape index (κ2) is 8.43. The molecule has 5 nitrogen and oxygen atoms in total. The summed E-state index contributed by atoms with van der Waals surface area (Å²) in [5.41, 5.74) is -0.0931. The van der Waals surface area contributed by atoms with Crippen molar-refractivity contribution in [1.82, 2.24) is 0 Å². The van der Waals surface area contributed by atoms with Crippen LogP contribution in [0.25, 0.3) is 0 Å². The first kappa shape index (κ1) is 20.8. The van der Waals surface area contributed by atoms with Gasteiger partial charge in [-0.1, -0.05) is 15.9 Å². The van der Waals surface area contributed by atoms with E-state index >= 15 is 0 Å². The zero-order valence-electron chi connectivity index (χ0n) is 14.4. The third-order valence-corrected chi connectivity index (χ3v) is 3.97. The van der Waals surface area contributed by atoms with Crippen molar-refractivity contribution in [2.45, 2.75) is 17.9 Å². The van der Waals surface area contributed by atoms with Crippen molar-refractivity contribution in [3.63, 3.8) is 0 Å². The molecule has 0 fully saturated rings. The third-order valence-electron chi connectivity index (χ3n) is 3.55. The third kappa shape index (κ3) is 5.46. The molecular formula is C18H16BrF3N2O3. The first-order valence-electron chi connectivity index (χ1n) is 7.73. The number of halogens is 4. The molecule has 0 heterocycles. The summed E-state index contributed by atoms with van der Waals surface area (Å²) in [6.45, 7) is 1.64. The molecule has 0 aliphatic carbocycles. The van der Waals surface area contributed by atoms with Gasteiger partial charge in [0.2, 0.25) is 5.91 Å². The molecule has 1 atom stereocenters. The number of methoxy groups -OCH3 is 1. The molecule has 0 saturated heterocycles. The van der Waals surface area contributed by atoms with E-state index < -0.39 is 22.5 Å². The van der Waals surface area contributed by atoms with Gasteiger partial charge in [0.25, 0.3) is 5.91 Å². The molecule has 0 bridgehead atoms. The Hall–Kier alpha value is -2.55. The number of anilines is 2. The number of ether oxygens (including phenoxy) is 1. The summed E-state index contributed by atoms with van der Waals surface area (Å²) >= 11 is 3.14. The van der Waals surface area contributed by atoms with Crippen LogP contribution in [0.2, 0.25) is 0 Å². The van der Waals surface area contributed by atoms with Gasteiger partial charge in [-0.25, -0.2) is 0 Å². The van der Waals surface area contributed by atoms with Gasteiger partial charge >= 0.3 is 6.18 Å². The maximum Gasteiger partial charge on any atom is 0.416 e. The molecule has 0 radical (unpaired) electrons. The number of alkyl halides is 4. The summed E-state index contributed by atoms with van der Waals surface area (Å²) in [5.74, 6) is -0.504. The van der Waals surface area contributed by atoms with Crippen molar-refractivity contribution in [3.05, 3.63) is 53.6 Å². The van der Waals surface area contributed by atoms with Crippen LogP contribution < -0.4 is 15.4 Å². The average Bonchev–Trinajstić information content (AvgIpc) is 2.61. The van der Waals surface area contributed by atoms with Crippen LogP contribution in [0.15, 0.2) is 42.5 Å². The maximum absolute atomic E-state index is 12.6. The Kier molecular flexibility index (Phi) is 6.48. The van der Waals surface area contributed by atoms with E-state index in [1.54, 1.807) is 6.92 Å². The molecule has 1 unspecified atom stereocenters. The quantitative estimate of drug-likeness (QED) is 0.657. The van der Waals surface area contributed by atoms with Gasteiger partial charge < -0.3 is 15.4 Å². The minimum absolute atomic E-state index is 0.202. The highest BCUT2D eigenvalue weighted by Crippen LogP contribution is 2.30. The molecule has 2 N–H and O–H groups in total. The Morgan fingerprint density at radius 1 is 1.07 bits per heavy atom. The molecule has 0 aliphatic rings. The van der Waals surface area contributed by atoms with E-state index in [9.17, 15) is 22.8 Å². The van der Waals surface area contributed by atoms with Crippen LogP contribution in [0.4, 0.5) is 24.5 Å². The lowest BCUT2D eigenvalue weighted by Crippen LogP contribution is -2.21. The van der Waals surface area contributed by atoms with Gasteiger partial charge in [0.15, 0.2) is 0 Å². The van der Waals surface area contributed by atoms with Gasteiger partial charge in [0.1, 0.15) is 5.75 Å². The molecule has 9 heteroatoms. The number of carbonyl (C=O) groups is 2. The lowest BCUT2D eigenvalue weighted by molar-refractivity contribution is -0.137. The average molecular weight is 445 g/mol. The monoisotopic (exact) mass is 444 g/mol. The van der Waals surface area contributed by atoms with Crippen LogP contribution in [0.1, 0.15) is 22.8 Å². The highest BCUT2D eigenvalue weighted by Gasteiger charge is 2.30. The molecule has 27 heavy (non-hydrogen) atoms. The van der Waals surface area contributed by atoms with Crippen LogP contribution in [0.5, 0.6) is 5.75 Å². The predicted molar refractivity (Wildman–Crippen MR) is 99.4 cm³/mol. The number of hydrogen-bond acceptors (Lipinski definition) is 3. The molecule has 0 aromatic heterocycles. The zero-order valence-corrected chi connectivity index (χ0v) is 15.9. The van der Waals surface area contributed by atoms with Gasteiger partial charge in [-0.3, -0.25) is 9.59 Å². The molecule has 144 valence electrons. The SMILES string of the molecule is COc1ccc(C(=O)Nc2ccc(C(F)(F)F)cc2)cc1NC(=O)C(C)Br. The van der Waals surface area contributed by atoms with Crippen LogP contribution in [-0.2, 0) is 11.0 Å². The number of rotatable bonds is 5. The van der Waals surface area contributed by atoms with E-state index in [4.69, 9.17) is 4.74 Å². The maximum atomic E-state index is 12.6. The van der Waals surface area contributed by atoms with Crippen molar-refractivity contribution in [3.8, 4) is 5.75 Å². The number of carbonyl (C=O) groups excluding carboxylic acids is 2. The molecular weight excluding hydrogens is 429 g/mol. The summed E-state index contributed by atoms with van der Waals surface area (Å²) in [7, 11) is 1.42. The lowest BCUT2D eigenvalue weighted by atomic mass is 10.1. The zero-order chi connectivity index (χ0) is 20.2. The summed E-state index contributed by atoms with van der Waals surface area (Å²) in [6.07, 6.45) is -4.45. The van der Waals surface area contributed by atoms with Gasteiger partial charge in [-0.2, -0.15) is 13.2 Å². The number of benzene rings is 2. The fourth-order valence-electron chi connectivity index (χ4n) is 2.12. The molecule has 2 amide bonds. The van der Waals surface area contributed by atoms with E-state index in [0.717, 1.165) is 12.1 Å². The highest BCUT2D eigenvalue weighted by molar-refractivity contribution is 9.10. The minimum atomic E-state index is -4.45. The first-order valence-corrected chi connectivity index (χ1v) is 8.65. The highest BCUT2D eigenvalue weighted by atomic mass is 79.9. The summed E-state index contributed by atoms with van der Waals surface area (Å²) in [5, 5.41) is 5.14. The van der Waals surface area contributed by atoms with Crippen LogP contribution in [0.3, 0.4) is 0 Å². The second-order valence-corrected chi connectivity index (χ2v) is 6.92. The second-order valence-electron chi connectivity index (χ2n) is 5.55. The Bertz CT molecular complexity index is 837. The van der Waals surface area contributed by atoms with E-state index in [1.165, 1.54) is 37.4 Å². The van der Waals surface area contributed by atoms with E-state index in [2.05, 4.69) is 26.6 Å². The van der Waals surface area contributed by atoms with Crippen molar-refractivity contribution in [1.29, 1.82) is 0 Å². The Labute approximate surface area is 162 Å². The summed E-state index contributed by atoms with van der Waals surface area (Å²) in [4.78, 5) is 23.8. The van der Waals surface area contributed by atoms with Crippen molar-refractivity contribution >= 4 is 39.1 Å². The molecule has 0 saturated carbocycles. The standard InChI is InChI=1S/C18H16BrF3N2O3/c1-10(19)16(25)24-14-9-11(3-8-15(14)27-2)17(26)23-13-6-4-12(5-7-13)18(20,21)22/h3-10H,1-2H3,(H,23,26)(H,24,25). The normalized spacial score (nSPS) is 12.2. The van der Waals surface area contributed by atoms with Gasteiger partial charge in [-0.05, 0) is 49.4 Å². The van der Waals surface area contributed by atoms with Crippen LogP contribution in [0, 0.1) is 0 Å². The largest absolute Gasteiger partial charge is 0.495 e. The molecule has 0 spiro atoms. The molecule has 0 aliphatic heterocycles. The first-order chi connectivity index (χ1) is 12.6. The Morgan fingerprint density at radius 2 is 1.70 bits per heavy atom. The van der Waals surface area contributed by atoms with E-state index in [-0.39, 0.29) is 17.2 Å². The topological polar surface area (TPSA) is 67.4 Å². The number of hydrogen-bond donors (Lipinski definition) is 2. The summed E-state index contributed by atoms with van der Waals surface area (Å²) in [6, 6.07) is 8.51. The minimum Gasteiger partial charge on any atom is -0.495 e. The van der Waals surface area contributed by atoms with Crippen molar-refractivity contribution in [2.75, 3.05) is 17.7 Å². The van der Waals surface area contributed by atoms with E-state index in [1.807, 2.05) is 0 Å². The van der Waals surface area contributed by atoms with Crippen molar-refractivity contribution < 1.29 is 27.5 Å². The molecule has 2 aromatic rings. The van der Waals surface area contributed by atoms with Gasteiger partial charge in [0.05, 0.1) is 23.2 Å². The summed E-state index contributed by atoms with van der Waals surface area (Å²) < 4.78 is 42.9.